The third kappa shape index (κ3) is 2.23. The van der Waals surface area contributed by atoms with Crippen LogP contribution in [-0.2, 0) is 0 Å². The third-order valence-corrected chi connectivity index (χ3v) is 3.81. The Labute approximate surface area is 119 Å². The Balaban J connectivity index is 2.00. The van der Waals surface area contributed by atoms with Crippen LogP contribution in [0.4, 0.5) is 0 Å². The molecular formula is C15H11NO3S. The number of furan rings is 1. The molecule has 0 aliphatic rings. The lowest BCUT2D eigenvalue weighted by atomic mass is 10.1. The lowest BCUT2D eigenvalue weighted by molar-refractivity contribution is 0.0697. The molecule has 0 aliphatic heterocycles. The molecule has 0 bridgehead atoms. The maximum Gasteiger partial charge on any atom is 0.335 e. The lowest BCUT2D eigenvalue weighted by Crippen LogP contribution is -1.95. The zero-order valence-electron chi connectivity index (χ0n) is 10.7. The van der Waals surface area contributed by atoms with Crippen LogP contribution in [0.5, 0.6) is 0 Å². The number of aromatic carboxylic acids is 1. The van der Waals surface area contributed by atoms with Gasteiger partial charge >= 0.3 is 5.97 Å². The van der Waals surface area contributed by atoms with Crippen molar-refractivity contribution in [3.63, 3.8) is 0 Å². The van der Waals surface area contributed by atoms with E-state index in [0.29, 0.717) is 0 Å². The van der Waals surface area contributed by atoms with Crippen molar-refractivity contribution in [2.24, 2.45) is 0 Å². The minimum atomic E-state index is -0.941. The predicted octanol–water partition coefficient (Wildman–Crippen LogP) is 4.08. The number of nitrogens with zero attached hydrogens (tertiary/aromatic N) is 1. The molecule has 0 saturated heterocycles. The van der Waals surface area contributed by atoms with Gasteiger partial charge in [-0.05, 0) is 30.7 Å². The molecule has 2 aromatic heterocycles. The normalized spacial score (nSPS) is 10.7. The van der Waals surface area contributed by atoms with Gasteiger partial charge in [-0.15, -0.1) is 11.3 Å². The Kier molecular flexibility index (Phi) is 3.12. The highest BCUT2D eigenvalue weighted by atomic mass is 32.1. The standard InChI is InChI=1S/C15H11NO3S/c1-9-5-6-19-13(9)14-16-12(8-20-14)10-3-2-4-11(7-10)15(17)18/h2-8H,1H3,(H,17,18). The second-order valence-electron chi connectivity index (χ2n) is 4.36. The Hall–Kier alpha value is -2.40. The molecule has 5 heteroatoms. The van der Waals surface area contributed by atoms with Crippen LogP contribution in [0.3, 0.4) is 0 Å². The predicted molar refractivity (Wildman–Crippen MR) is 76.9 cm³/mol. The van der Waals surface area contributed by atoms with Gasteiger partial charge in [0.25, 0.3) is 0 Å². The van der Waals surface area contributed by atoms with Crippen molar-refractivity contribution in [3.8, 4) is 22.0 Å². The van der Waals surface area contributed by atoms with Crippen molar-refractivity contribution in [2.75, 3.05) is 0 Å². The van der Waals surface area contributed by atoms with Crippen LogP contribution in [0.2, 0.25) is 0 Å². The molecule has 0 aliphatic carbocycles. The maximum absolute atomic E-state index is 11.0. The largest absolute Gasteiger partial charge is 0.478 e. The number of thiazole rings is 1. The summed E-state index contributed by atoms with van der Waals surface area (Å²) in [6.07, 6.45) is 1.64. The van der Waals surface area contributed by atoms with Gasteiger partial charge in [-0.25, -0.2) is 9.78 Å². The van der Waals surface area contributed by atoms with E-state index < -0.39 is 5.97 Å². The summed E-state index contributed by atoms with van der Waals surface area (Å²) < 4.78 is 5.42. The minimum absolute atomic E-state index is 0.256. The van der Waals surface area contributed by atoms with E-state index in [0.717, 1.165) is 27.6 Å². The van der Waals surface area contributed by atoms with Crippen LogP contribution in [0, 0.1) is 6.92 Å². The van der Waals surface area contributed by atoms with Crippen molar-refractivity contribution in [2.45, 2.75) is 6.92 Å². The number of rotatable bonds is 3. The summed E-state index contributed by atoms with van der Waals surface area (Å²) in [4.78, 5) is 15.5. The third-order valence-electron chi connectivity index (χ3n) is 2.97. The second-order valence-corrected chi connectivity index (χ2v) is 5.21. The summed E-state index contributed by atoms with van der Waals surface area (Å²) >= 11 is 1.48. The van der Waals surface area contributed by atoms with Crippen molar-refractivity contribution in [3.05, 3.63) is 53.1 Å². The number of aryl methyl sites for hydroxylation is 1. The van der Waals surface area contributed by atoms with E-state index in [1.807, 2.05) is 24.4 Å². The fraction of sp³-hybridized carbons (Fsp3) is 0.0667. The van der Waals surface area contributed by atoms with E-state index in [2.05, 4.69) is 4.98 Å². The molecule has 0 atom stereocenters. The Morgan fingerprint density at radius 3 is 2.90 bits per heavy atom. The highest BCUT2D eigenvalue weighted by molar-refractivity contribution is 7.13. The molecule has 0 saturated carbocycles. The molecule has 3 rings (SSSR count). The van der Waals surface area contributed by atoms with Gasteiger partial charge in [0, 0.05) is 10.9 Å². The van der Waals surface area contributed by atoms with E-state index in [1.54, 1.807) is 24.5 Å². The highest BCUT2D eigenvalue weighted by Gasteiger charge is 2.12. The van der Waals surface area contributed by atoms with Gasteiger partial charge in [0.15, 0.2) is 10.8 Å². The topological polar surface area (TPSA) is 63.3 Å². The summed E-state index contributed by atoms with van der Waals surface area (Å²) in [5.41, 5.74) is 2.83. The smallest absolute Gasteiger partial charge is 0.335 e. The zero-order chi connectivity index (χ0) is 14.1. The zero-order valence-corrected chi connectivity index (χ0v) is 11.5. The van der Waals surface area contributed by atoms with Gasteiger partial charge in [-0.3, -0.25) is 0 Å². The molecule has 20 heavy (non-hydrogen) atoms. The first-order chi connectivity index (χ1) is 9.65. The molecule has 0 radical (unpaired) electrons. The summed E-state index contributed by atoms with van der Waals surface area (Å²) in [6, 6.07) is 8.64. The second kappa shape index (κ2) is 4.94. The van der Waals surface area contributed by atoms with Crippen LogP contribution < -0.4 is 0 Å². The van der Waals surface area contributed by atoms with Crippen molar-refractivity contribution in [1.29, 1.82) is 0 Å². The average Bonchev–Trinajstić information content (AvgIpc) is 3.07. The molecule has 4 nitrogen and oxygen atoms in total. The van der Waals surface area contributed by atoms with Crippen molar-refractivity contribution >= 4 is 17.3 Å². The van der Waals surface area contributed by atoms with E-state index in [1.165, 1.54) is 11.3 Å². The van der Waals surface area contributed by atoms with Gasteiger partial charge in [-0.2, -0.15) is 0 Å². The molecule has 3 aromatic rings. The lowest BCUT2D eigenvalue weighted by Gasteiger charge is -1.98. The first-order valence-electron chi connectivity index (χ1n) is 5.99. The maximum atomic E-state index is 11.0. The average molecular weight is 285 g/mol. The van der Waals surface area contributed by atoms with Crippen molar-refractivity contribution in [1.82, 2.24) is 4.98 Å². The SMILES string of the molecule is Cc1ccoc1-c1nc(-c2cccc(C(=O)O)c2)cs1. The molecule has 1 N–H and O–H groups in total. The van der Waals surface area contributed by atoms with Crippen LogP contribution >= 0.6 is 11.3 Å². The quantitative estimate of drug-likeness (QED) is 0.787. The molecular weight excluding hydrogens is 274 g/mol. The van der Waals surface area contributed by atoms with Gasteiger partial charge in [0.05, 0.1) is 17.5 Å². The first-order valence-corrected chi connectivity index (χ1v) is 6.87. The van der Waals surface area contributed by atoms with E-state index in [9.17, 15) is 4.79 Å². The minimum Gasteiger partial charge on any atom is -0.478 e. The molecule has 2 heterocycles. The summed E-state index contributed by atoms with van der Waals surface area (Å²) in [7, 11) is 0. The number of benzene rings is 1. The number of carboxylic acid groups (broad SMARTS) is 1. The van der Waals surface area contributed by atoms with Gasteiger partial charge in [0.1, 0.15) is 0 Å². The molecule has 0 unspecified atom stereocenters. The Morgan fingerprint density at radius 2 is 2.20 bits per heavy atom. The van der Waals surface area contributed by atoms with Crippen LogP contribution in [0.15, 0.2) is 46.4 Å². The van der Waals surface area contributed by atoms with Gasteiger partial charge in [-0.1, -0.05) is 12.1 Å². The van der Waals surface area contributed by atoms with E-state index >= 15 is 0 Å². The Bertz CT molecular complexity index is 773. The molecule has 1 aromatic carbocycles. The fourth-order valence-electron chi connectivity index (χ4n) is 1.91. The molecule has 0 amide bonds. The van der Waals surface area contributed by atoms with Gasteiger partial charge in [0.2, 0.25) is 0 Å². The molecule has 100 valence electrons. The fourth-order valence-corrected chi connectivity index (χ4v) is 2.79. The van der Waals surface area contributed by atoms with Gasteiger partial charge < -0.3 is 9.52 Å². The van der Waals surface area contributed by atoms with Crippen LogP contribution in [-0.4, -0.2) is 16.1 Å². The first kappa shape index (κ1) is 12.6. The number of hydrogen-bond acceptors (Lipinski definition) is 4. The number of carboxylic acids is 1. The van der Waals surface area contributed by atoms with Crippen LogP contribution in [0.25, 0.3) is 22.0 Å². The Morgan fingerprint density at radius 1 is 1.35 bits per heavy atom. The van der Waals surface area contributed by atoms with E-state index in [-0.39, 0.29) is 5.56 Å². The monoisotopic (exact) mass is 285 g/mol. The summed E-state index contributed by atoms with van der Waals surface area (Å²) in [5.74, 6) is -0.181. The van der Waals surface area contributed by atoms with E-state index in [4.69, 9.17) is 9.52 Å². The number of aromatic nitrogens is 1. The summed E-state index contributed by atoms with van der Waals surface area (Å²) in [5, 5.41) is 11.7. The molecule has 0 fully saturated rings. The number of carbonyl (C=O) groups is 1. The number of hydrogen-bond donors (Lipinski definition) is 1. The highest BCUT2D eigenvalue weighted by Crippen LogP contribution is 2.31. The summed E-state index contributed by atoms with van der Waals surface area (Å²) in [6.45, 7) is 1.96. The van der Waals surface area contributed by atoms with Crippen LogP contribution in [0.1, 0.15) is 15.9 Å². The molecule has 0 spiro atoms. The van der Waals surface area contributed by atoms with Crippen molar-refractivity contribution < 1.29 is 14.3 Å².